The number of hydrogen-bond donors (Lipinski definition) is 1. The standard InChI is InChI=1S/C34H43ClN8O/c1-33(2)22-43(19-18-40(33)3)34(12-13-34)23-44-32-38-28-21-41(29-9-5-7-24-6-4-8-27(35)30(24)29)16-11-26(28)31(39-32)42-17-15-37-25(20-42)10-14-36/h4-9,25,37H,10-13,15-23H2,1-3H3/t25-/m0/s1. The summed E-state index contributed by atoms with van der Waals surface area (Å²) in [6, 6.07) is 15.4. The first-order chi connectivity index (χ1) is 21.3. The number of halogens is 1. The number of nitrogens with zero attached hydrogens (tertiary/aromatic N) is 7. The fraction of sp³-hybridized carbons (Fsp3) is 0.559. The number of anilines is 2. The first-order valence-electron chi connectivity index (χ1n) is 16.0. The van der Waals surface area contributed by atoms with Crippen LogP contribution >= 0.6 is 11.6 Å². The number of ether oxygens (including phenoxy) is 1. The molecule has 1 aromatic heterocycles. The second-order valence-electron chi connectivity index (χ2n) is 13.7. The van der Waals surface area contributed by atoms with Gasteiger partial charge in [-0.05, 0) is 57.7 Å². The number of likely N-dealkylation sites (N-methyl/N-ethyl adjacent to an activating group) is 1. The summed E-state index contributed by atoms with van der Waals surface area (Å²) in [6.45, 7) is 12.4. The number of benzene rings is 2. The molecular weight excluding hydrogens is 572 g/mol. The van der Waals surface area contributed by atoms with Crippen LogP contribution in [0.1, 0.15) is 44.4 Å². The molecule has 0 spiro atoms. The number of nitrogens with one attached hydrogen (secondary N) is 1. The molecule has 1 aliphatic carbocycles. The Kier molecular flexibility index (Phi) is 7.82. The third-order valence-corrected chi connectivity index (χ3v) is 10.7. The van der Waals surface area contributed by atoms with Crippen molar-refractivity contribution in [1.29, 1.82) is 5.26 Å². The number of aromatic nitrogens is 2. The Labute approximate surface area is 265 Å². The smallest absolute Gasteiger partial charge is 0.318 e. The van der Waals surface area contributed by atoms with Crippen molar-refractivity contribution in [3.8, 4) is 12.1 Å². The van der Waals surface area contributed by atoms with Crippen molar-refractivity contribution in [2.45, 2.75) is 63.2 Å². The van der Waals surface area contributed by atoms with Crippen molar-refractivity contribution in [2.24, 2.45) is 0 Å². The number of piperazine rings is 2. The summed E-state index contributed by atoms with van der Waals surface area (Å²) in [5, 5.41) is 15.9. The van der Waals surface area contributed by atoms with Gasteiger partial charge in [0.25, 0.3) is 0 Å². The second kappa shape index (κ2) is 11.6. The van der Waals surface area contributed by atoms with Gasteiger partial charge in [-0.15, -0.1) is 0 Å². The molecule has 0 amide bonds. The van der Waals surface area contributed by atoms with Crippen molar-refractivity contribution in [3.05, 3.63) is 52.7 Å². The van der Waals surface area contributed by atoms with Gasteiger partial charge in [0.1, 0.15) is 12.4 Å². The van der Waals surface area contributed by atoms with Crippen molar-refractivity contribution in [3.63, 3.8) is 0 Å². The zero-order valence-corrected chi connectivity index (χ0v) is 26.9. The molecule has 1 atom stereocenters. The Morgan fingerprint density at radius 2 is 1.89 bits per heavy atom. The monoisotopic (exact) mass is 614 g/mol. The lowest BCUT2D eigenvalue weighted by molar-refractivity contribution is -0.00480. The molecule has 2 saturated heterocycles. The second-order valence-corrected chi connectivity index (χ2v) is 14.1. The fourth-order valence-electron chi connectivity index (χ4n) is 7.26. The van der Waals surface area contributed by atoms with Crippen molar-refractivity contribution in [2.75, 3.05) is 69.3 Å². The lowest BCUT2D eigenvalue weighted by Crippen LogP contribution is -2.61. The highest BCUT2D eigenvalue weighted by molar-refractivity contribution is 6.36. The zero-order valence-electron chi connectivity index (χ0n) is 26.2. The molecule has 3 aliphatic heterocycles. The predicted octanol–water partition coefficient (Wildman–Crippen LogP) is 4.48. The van der Waals surface area contributed by atoms with Gasteiger partial charge in [0.2, 0.25) is 0 Å². The van der Waals surface area contributed by atoms with Gasteiger partial charge in [0, 0.05) is 74.0 Å². The SMILES string of the molecule is CN1CCN(C2(COc3nc4c(c(N5CCN[C@@H](CC#N)C5)n3)CCN(c3cccc5cccc(Cl)c35)C4)CC2)CC1(C)C. The summed E-state index contributed by atoms with van der Waals surface area (Å²) < 4.78 is 6.57. The highest BCUT2D eigenvalue weighted by atomic mass is 35.5. The molecule has 1 N–H and O–H groups in total. The molecule has 10 heteroatoms. The number of nitriles is 1. The Morgan fingerprint density at radius 3 is 2.66 bits per heavy atom. The van der Waals surface area contributed by atoms with E-state index in [1.165, 1.54) is 5.56 Å². The maximum Gasteiger partial charge on any atom is 0.318 e. The van der Waals surface area contributed by atoms with Crippen LogP contribution in [0.2, 0.25) is 5.02 Å². The minimum Gasteiger partial charge on any atom is -0.461 e. The molecule has 232 valence electrons. The lowest BCUT2D eigenvalue weighted by atomic mass is 9.98. The molecule has 0 radical (unpaired) electrons. The molecule has 7 rings (SSSR count). The summed E-state index contributed by atoms with van der Waals surface area (Å²) in [5.41, 5.74) is 3.55. The first kappa shape index (κ1) is 29.5. The molecule has 4 heterocycles. The molecular formula is C34H43ClN8O. The van der Waals surface area contributed by atoms with Crippen LogP contribution in [-0.2, 0) is 13.0 Å². The molecule has 1 saturated carbocycles. The van der Waals surface area contributed by atoms with Crippen LogP contribution in [0.4, 0.5) is 11.5 Å². The lowest BCUT2D eigenvalue weighted by Gasteiger charge is -2.48. The van der Waals surface area contributed by atoms with Crippen molar-refractivity contribution >= 4 is 33.9 Å². The van der Waals surface area contributed by atoms with Gasteiger partial charge in [0.15, 0.2) is 0 Å². The van der Waals surface area contributed by atoms with Gasteiger partial charge in [-0.25, -0.2) is 0 Å². The average molecular weight is 615 g/mol. The van der Waals surface area contributed by atoms with E-state index in [1.54, 1.807) is 0 Å². The van der Waals surface area contributed by atoms with Crippen LogP contribution in [0, 0.1) is 11.3 Å². The highest BCUT2D eigenvalue weighted by Gasteiger charge is 2.51. The molecule has 3 aromatic rings. The van der Waals surface area contributed by atoms with Gasteiger partial charge in [-0.3, -0.25) is 9.80 Å². The van der Waals surface area contributed by atoms with Gasteiger partial charge in [0.05, 0.1) is 35.3 Å². The third kappa shape index (κ3) is 5.58. The van der Waals surface area contributed by atoms with E-state index in [1.807, 2.05) is 12.1 Å². The average Bonchev–Trinajstić information content (AvgIpc) is 3.82. The zero-order chi connectivity index (χ0) is 30.5. The first-order valence-corrected chi connectivity index (χ1v) is 16.4. The van der Waals surface area contributed by atoms with E-state index in [2.05, 4.69) is 76.1 Å². The Bertz CT molecular complexity index is 1580. The van der Waals surface area contributed by atoms with Crippen LogP contribution in [-0.4, -0.2) is 96.4 Å². The number of fused-ring (bicyclic) bond motifs is 2. The topological polar surface area (TPSA) is 83.8 Å². The fourth-order valence-corrected chi connectivity index (χ4v) is 7.54. The molecule has 3 fully saturated rings. The summed E-state index contributed by atoms with van der Waals surface area (Å²) in [4.78, 5) is 20.0. The van der Waals surface area contributed by atoms with Crippen LogP contribution in [0.5, 0.6) is 6.01 Å². The molecule has 0 unspecified atom stereocenters. The van der Waals surface area contributed by atoms with Gasteiger partial charge >= 0.3 is 6.01 Å². The van der Waals surface area contributed by atoms with E-state index < -0.39 is 0 Å². The Balaban J connectivity index is 1.19. The van der Waals surface area contributed by atoms with Crippen LogP contribution in [0.25, 0.3) is 10.8 Å². The Hall–Kier alpha value is -3.16. The normalized spacial score (nSPS) is 23.3. The molecule has 2 aromatic carbocycles. The summed E-state index contributed by atoms with van der Waals surface area (Å²) >= 11 is 6.74. The molecule has 44 heavy (non-hydrogen) atoms. The van der Waals surface area contributed by atoms with Gasteiger partial charge in [-0.1, -0.05) is 35.9 Å². The summed E-state index contributed by atoms with van der Waals surface area (Å²) in [6.07, 6.45) is 3.60. The predicted molar refractivity (Wildman–Crippen MR) is 176 cm³/mol. The van der Waals surface area contributed by atoms with Crippen LogP contribution < -0.4 is 19.9 Å². The molecule has 9 nitrogen and oxygen atoms in total. The van der Waals surface area contributed by atoms with E-state index in [-0.39, 0.29) is 17.1 Å². The molecule has 0 bridgehead atoms. The third-order valence-electron chi connectivity index (χ3n) is 10.4. The summed E-state index contributed by atoms with van der Waals surface area (Å²) in [5.74, 6) is 0.968. The van der Waals surface area contributed by atoms with Crippen LogP contribution in [0.3, 0.4) is 0 Å². The van der Waals surface area contributed by atoms with Gasteiger partial charge < -0.3 is 19.9 Å². The van der Waals surface area contributed by atoms with E-state index in [0.29, 0.717) is 25.6 Å². The van der Waals surface area contributed by atoms with E-state index in [9.17, 15) is 5.26 Å². The number of hydrogen-bond acceptors (Lipinski definition) is 9. The molecule has 4 aliphatic rings. The Morgan fingerprint density at radius 1 is 1.07 bits per heavy atom. The maximum atomic E-state index is 9.37. The van der Waals surface area contributed by atoms with Crippen molar-refractivity contribution < 1.29 is 4.74 Å². The quantitative estimate of drug-likeness (QED) is 0.414. The maximum absolute atomic E-state index is 9.37. The van der Waals surface area contributed by atoms with Gasteiger partial charge in [-0.2, -0.15) is 15.2 Å². The van der Waals surface area contributed by atoms with Crippen molar-refractivity contribution in [1.82, 2.24) is 25.1 Å². The highest BCUT2D eigenvalue weighted by Crippen LogP contribution is 2.44. The van der Waals surface area contributed by atoms with Crippen LogP contribution in [0.15, 0.2) is 36.4 Å². The van der Waals surface area contributed by atoms with E-state index >= 15 is 0 Å². The largest absolute Gasteiger partial charge is 0.461 e. The minimum atomic E-state index is 0.0661. The summed E-state index contributed by atoms with van der Waals surface area (Å²) in [7, 11) is 2.22. The minimum absolute atomic E-state index is 0.0661. The van der Waals surface area contributed by atoms with E-state index in [4.69, 9.17) is 26.3 Å². The number of rotatable bonds is 7. The van der Waals surface area contributed by atoms with E-state index in [0.717, 1.165) is 98.1 Å².